The molecule has 1 aromatic heterocycles. The molecule has 0 spiro atoms. The zero-order valence-corrected chi connectivity index (χ0v) is 16.8. The van der Waals surface area contributed by atoms with Crippen LogP contribution < -0.4 is 15.5 Å². The number of hydrogen-bond donors (Lipinski definition) is 2. The summed E-state index contributed by atoms with van der Waals surface area (Å²) in [6.07, 6.45) is 3.35. The normalized spacial score (nSPS) is 14.4. The van der Waals surface area contributed by atoms with Gasteiger partial charge in [0.15, 0.2) is 0 Å². The van der Waals surface area contributed by atoms with Gasteiger partial charge in [-0.05, 0) is 61.7 Å². The molecule has 0 atom stereocenters. The van der Waals surface area contributed by atoms with Crippen molar-refractivity contribution in [1.82, 2.24) is 15.3 Å². The van der Waals surface area contributed by atoms with Crippen molar-refractivity contribution < 1.29 is 9.18 Å². The fraction of sp³-hybridized carbons (Fsp3) is 0.261. The van der Waals surface area contributed by atoms with E-state index in [-0.39, 0.29) is 17.8 Å². The van der Waals surface area contributed by atoms with E-state index in [2.05, 4.69) is 38.5 Å². The summed E-state index contributed by atoms with van der Waals surface area (Å²) in [6.45, 7) is 3.56. The molecule has 7 heteroatoms. The number of carbonyl (C=O) groups excluding carboxylic acids is 1. The molecule has 2 heterocycles. The van der Waals surface area contributed by atoms with Crippen LogP contribution in [0.3, 0.4) is 0 Å². The molecule has 0 aliphatic carbocycles. The third kappa shape index (κ3) is 4.74. The Morgan fingerprint density at radius 2 is 1.80 bits per heavy atom. The molecule has 0 unspecified atom stereocenters. The van der Waals surface area contributed by atoms with Crippen molar-refractivity contribution in [3.05, 3.63) is 77.7 Å². The molecule has 4 rings (SSSR count). The fourth-order valence-electron chi connectivity index (χ4n) is 3.52. The maximum atomic E-state index is 13.0. The van der Waals surface area contributed by atoms with Gasteiger partial charge in [0.25, 0.3) is 5.91 Å². The van der Waals surface area contributed by atoms with Gasteiger partial charge in [0, 0.05) is 36.6 Å². The molecule has 1 amide bonds. The largest absolute Gasteiger partial charge is 0.349 e. The molecule has 6 nitrogen and oxygen atoms in total. The number of aromatic nitrogens is 2. The van der Waals surface area contributed by atoms with Gasteiger partial charge in [-0.15, -0.1) is 0 Å². The van der Waals surface area contributed by atoms with Gasteiger partial charge in [-0.2, -0.15) is 4.98 Å². The van der Waals surface area contributed by atoms with E-state index < -0.39 is 0 Å². The number of aryl methyl sites for hydroxylation is 1. The molecule has 1 fully saturated rings. The topological polar surface area (TPSA) is 70.2 Å². The van der Waals surface area contributed by atoms with Crippen LogP contribution in [0.25, 0.3) is 0 Å². The van der Waals surface area contributed by atoms with E-state index in [1.807, 2.05) is 24.3 Å². The summed E-state index contributed by atoms with van der Waals surface area (Å²) >= 11 is 0. The third-order valence-electron chi connectivity index (χ3n) is 5.27. The predicted molar refractivity (Wildman–Crippen MR) is 116 cm³/mol. The molecular weight excluding hydrogens is 381 g/mol. The van der Waals surface area contributed by atoms with Crippen LogP contribution in [0.15, 0.2) is 60.8 Å². The Hall–Kier alpha value is -3.48. The summed E-state index contributed by atoms with van der Waals surface area (Å²) in [5.74, 6) is 0.908. The molecule has 2 aromatic carbocycles. The van der Waals surface area contributed by atoms with Gasteiger partial charge >= 0.3 is 0 Å². The van der Waals surface area contributed by atoms with E-state index in [4.69, 9.17) is 0 Å². The molecule has 3 aromatic rings. The van der Waals surface area contributed by atoms with Crippen molar-refractivity contribution in [1.29, 1.82) is 0 Å². The number of anilines is 3. The lowest BCUT2D eigenvalue weighted by Gasteiger charge is -2.32. The first kappa shape index (κ1) is 19.8. The van der Waals surface area contributed by atoms with Gasteiger partial charge in [0.2, 0.25) is 5.95 Å². The number of nitrogens with zero attached hydrogens (tertiary/aromatic N) is 3. The molecule has 1 aliphatic rings. The van der Waals surface area contributed by atoms with Crippen molar-refractivity contribution in [3.63, 3.8) is 0 Å². The quantitative estimate of drug-likeness (QED) is 0.670. The highest BCUT2D eigenvalue weighted by atomic mass is 19.1. The van der Waals surface area contributed by atoms with Gasteiger partial charge in [-0.1, -0.05) is 18.2 Å². The zero-order chi connectivity index (χ0) is 20.9. The Labute approximate surface area is 175 Å². The highest BCUT2D eigenvalue weighted by molar-refractivity contribution is 5.94. The minimum Gasteiger partial charge on any atom is -0.349 e. The van der Waals surface area contributed by atoms with Crippen molar-refractivity contribution in [2.45, 2.75) is 25.8 Å². The second-order valence-corrected chi connectivity index (χ2v) is 7.42. The Bertz CT molecular complexity index is 1020. The number of halogens is 1. The van der Waals surface area contributed by atoms with E-state index in [0.717, 1.165) is 43.0 Å². The average Bonchev–Trinajstić information content (AvgIpc) is 2.76. The van der Waals surface area contributed by atoms with Crippen LogP contribution in [-0.2, 0) is 0 Å². The second-order valence-electron chi connectivity index (χ2n) is 7.42. The van der Waals surface area contributed by atoms with Gasteiger partial charge in [0.1, 0.15) is 11.6 Å². The molecule has 154 valence electrons. The maximum absolute atomic E-state index is 13.0. The Balaban J connectivity index is 1.34. The number of nitrogens with one attached hydrogen (secondary N) is 2. The van der Waals surface area contributed by atoms with E-state index in [1.165, 1.54) is 24.3 Å². The number of carbonyl (C=O) groups is 1. The lowest BCUT2D eigenvalue weighted by molar-refractivity contribution is 0.0931. The van der Waals surface area contributed by atoms with Gasteiger partial charge < -0.3 is 15.5 Å². The monoisotopic (exact) mass is 405 g/mol. The van der Waals surface area contributed by atoms with Gasteiger partial charge in [-0.3, -0.25) is 4.79 Å². The first-order chi connectivity index (χ1) is 14.6. The van der Waals surface area contributed by atoms with Crippen molar-refractivity contribution in [2.75, 3.05) is 23.3 Å². The fourth-order valence-corrected chi connectivity index (χ4v) is 3.52. The summed E-state index contributed by atoms with van der Waals surface area (Å²) in [6, 6.07) is 15.6. The van der Waals surface area contributed by atoms with Gasteiger partial charge in [-0.25, -0.2) is 9.37 Å². The van der Waals surface area contributed by atoms with Crippen LogP contribution in [0, 0.1) is 12.7 Å². The van der Waals surface area contributed by atoms with E-state index in [1.54, 1.807) is 6.20 Å². The minimum atomic E-state index is -0.348. The van der Waals surface area contributed by atoms with Crippen LogP contribution in [0.5, 0.6) is 0 Å². The summed E-state index contributed by atoms with van der Waals surface area (Å²) in [7, 11) is 0. The van der Waals surface area contributed by atoms with E-state index in [9.17, 15) is 9.18 Å². The number of para-hydroxylation sites is 1. The Kier molecular flexibility index (Phi) is 5.88. The average molecular weight is 405 g/mol. The first-order valence-corrected chi connectivity index (χ1v) is 10.1. The van der Waals surface area contributed by atoms with Crippen LogP contribution in [0.1, 0.15) is 28.8 Å². The van der Waals surface area contributed by atoms with Crippen molar-refractivity contribution in [2.24, 2.45) is 0 Å². The molecule has 0 radical (unpaired) electrons. The second kappa shape index (κ2) is 8.90. The zero-order valence-electron chi connectivity index (χ0n) is 16.8. The van der Waals surface area contributed by atoms with Crippen molar-refractivity contribution >= 4 is 23.4 Å². The number of hydrogen-bond acceptors (Lipinski definition) is 5. The lowest BCUT2D eigenvalue weighted by atomic mass is 10.0. The molecule has 0 saturated carbocycles. The van der Waals surface area contributed by atoms with E-state index in [0.29, 0.717) is 11.5 Å². The van der Waals surface area contributed by atoms with Crippen LogP contribution in [0.2, 0.25) is 0 Å². The molecule has 1 saturated heterocycles. The van der Waals surface area contributed by atoms with Crippen LogP contribution in [-0.4, -0.2) is 35.0 Å². The Morgan fingerprint density at radius 1 is 1.07 bits per heavy atom. The lowest BCUT2D eigenvalue weighted by Crippen LogP contribution is -2.45. The van der Waals surface area contributed by atoms with Crippen LogP contribution >= 0.6 is 0 Å². The molecule has 0 bridgehead atoms. The Morgan fingerprint density at radius 3 is 2.53 bits per heavy atom. The van der Waals surface area contributed by atoms with Gasteiger partial charge in [0.05, 0.1) is 0 Å². The molecule has 2 N–H and O–H groups in total. The smallest absolute Gasteiger partial charge is 0.251 e. The highest BCUT2D eigenvalue weighted by Crippen LogP contribution is 2.21. The maximum Gasteiger partial charge on any atom is 0.251 e. The standard InChI is InChI=1S/C23H24FN5O/c1-16-4-2-3-5-20(16)27-21-10-13-25-23(28-21)29-14-11-19(12-15-29)26-22(30)17-6-8-18(24)9-7-17/h2-10,13,19H,11-12,14-15H2,1H3,(H,26,30)(H,25,27,28). The molecular formula is C23H24FN5O. The first-order valence-electron chi connectivity index (χ1n) is 10.1. The molecule has 1 aliphatic heterocycles. The summed E-state index contributed by atoms with van der Waals surface area (Å²) in [5.41, 5.74) is 2.64. The number of piperidine rings is 1. The summed E-state index contributed by atoms with van der Waals surface area (Å²) in [4.78, 5) is 23.5. The summed E-state index contributed by atoms with van der Waals surface area (Å²) in [5, 5.41) is 6.38. The predicted octanol–water partition coefficient (Wildman–Crippen LogP) is 4.07. The summed E-state index contributed by atoms with van der Waals surface area (Å²) < 4.78 is 13.0. The molecule has 30 heavy (non-hydrogen) atoms. The van der Waals surface area contributed by atoms with Crippen molar-refractivity contribution in [3.8, 4) is 0 Å². The van der Waals surface area contributed by atoms with Crippen LogP contribution in [0.4, 0.5) is 21.8 Å². The van der Waals surface area contributed by atoms with E-state index >= 15 is 0 Å². The number of amides is 1. The minimum absolute atomic E-state index is 0.0760. The number of rotatable bonds is 5. The highest BCUT2D eigenvalue weighted by Gasteiger charge is 2.23. The SMILES string of the molecule is Cc1ccccc1Nc1ccnc(N2CCC(NC(=O)c3ccc(F)cc3)CC2)n1. The third-order valence-corrected chi connectivity index (χ3v) is 5.27. The number of benzene rings is 2.